The van der Waals surface area contributed by atoms with Gasteiger partial charge in [0.15, 0.2) is 5.82 Å². The predicted molar refractivity (Wildman–Crippen MR) is 106 cm³/mol. The Bertz CT molecular complexity index is 940. The molecule has 2 amide bonds. The molecule has 0 bridgehead atoms. The van der Waals surface area contributed by atoms with Crippen LogP contribution in [-0.4, -0.2) is 57.7 Å². The molecule has 0 saturated carbocycles. The van der Waals surface area contributed by atoms with Crippen LogP contribution in [-0.2, 0) is 9.53 Å². The molecule has 1 aromatic heterocycles. The number of rotatable bonds is 4. The number of likely N-dealkylation sites (tertiary alicyclic amines) is 1. The van der Waals surface area contributed by atoms with Gasteiger partial charge in [0.2, 0.25) is 5.91 Å². The molecule has 2 aliphatic heterocycles. The second-order valence-corrected chi connectivity index (χ2v) is 8.04. The van der Waals surface area contributed by atoms with Crippen molar-refractivity contribution < 1.29 is 18.7 Å². The van der Waals surface area contributed by atoms with Crippen LogP contribution in [0.25, 0.3) is 0 Å². The van der Waals surface area contributed by atoms with E-state index in [1.54, 1.807) is 30.9 Å². The van der Waals surface area contributed by atoms with Gasteiger partial charge in [-0.05, 0) is 50.8 Å². The maximum Gasteiger partial charge on any atom is 0.254 e. The molecule has 4 rings (SSSR count). The molecule has 2 atom stereocenters. The molecule has 9 heteroatoms. The fraction of sp³-hybridized carbons (Fsp3) is 0.524. The minimum absolute atomic E-state index is 0.0103. The molecule has 0 radical (unpaired) electrons. The number of amides is 2. The third-order valence-corrected chi connectivity index (χ3v) is 5.83. The molecule has 3 heterocycles. The molecule has 2 N–H and O–H groups in total. The quantitative estimate of drug-likeness (QED) is 0.796. The molecule has 1 aromatic carbocycles. The van der Waals surface area contributed by atoms with Crippen molar-refractivity contribution in [2.24, 2.45) is 5.92 Å². The lowest BCUT2D eigenvalue weighted by molar-refractivity contribution is -0.128. The van der Waals surface area contributed by atoms with Gasteiger partial charge in [-0.3, -0.25) is 14.7 Å². The molecule has 2 aromatic rings. The zero-order valence-corrected chi connectivity index (χ0v) is 17.2. The first-order valence-electron chi connectivity index (χ1n) is 10.3. The SMILES string of the molecule is Cc1nc([C@@H]2C[C@H](NC(=O)C3CCOCC3)CN2C(=O)c2ccc(C)c(F)c2)n[nH]1. The Balaban J connectivity index is 1.54. The first-order chi connectivity index (χ1) is 14.4. The van der Waals surface area contributed by atoms with Crippen LogP contribution in [0.4, 0.5) is 4.39 Å². The first kappa shape index (κ1) is 20.5. The lowest BCUT2D eigenvalue weighted by Gasteiger charge is -2.24. The van der Waals surface area contributed by atoms with Crippen LogP contribution in [0.5, 0.6) is 0 Å². The number of hydrogen-bond acceptors (Lipinski definition) is 5. The van der Waals surface area contributed by atoms with E-state index >= 15 is 0 Å². The Kier molecular flexibility index (Phi) is 5.80. The number of hydrogen-bond donors (Lipinski definition) is 2. The molecule has 0 unspecified atom stereocenters. The monoisotopic (exact) mass is 415 g/mol. The molecule has 2 aliphatic rings. The zero-order chi connectivity index (χ0) is 21.3. The summed E-state index contributed by atoms with van der Waals surface area (Å²) in [6, 6.07) is 3.85. The highest BCUT2D eigenvalue weighted by molar-refractivity contribution is 5.95. The lowest BCUT2D eigenvalue weighted by Crippen LogP contribution is -2.42. The van der Waals surface area contributed by atoms with Crippen LogP contribution in [0.2, 0.25) is 0 Å². The maximum atomic E-state index is 14.0. The average Bonchev–Trinajstić information content (AvgIpc) is 3.36. The van der Waals surface area contributed by atoms with Crippen molar-refractivity contribution in [3.8, 4) is 0 Å². The maximum absolute atomic E-state index is 14.0. The van der Waals surface area contributed by atoms with Gasteiger partial charge in [-0.1, -0.05) is 6.07 Å². The molecule has 2 fully saturated rings. The van der Waals surface area contributed by atoms with Crippen LogP contribution in [0, 0.1) is 25.6 Å². The molecule has 8 nitrogen and oxygen atoms in total. The Morgan fingerprint density at radius 2 is 2.03 bits per heavy atom. The van der Waals surface area contributed by atoms with E-state index < -0.39 is 11.9 Å². The number of H-pyrrole nitrogens is 1. The van der Waals surface area contributed by atoms with Crippen molar-refractivity contribution >= 4 is 11.8 Å². The molecule has 0 spiro atoms. The smallest absolute Gasteiger partial charge is 0.254 e. The van der Waals surface area contributed by atoms with Gasteiger partial charge in [-0.2, -0.15) is 5.10 Å². The van der Waals surface area contributed by atoms with Crippen LogP contribution in [0.1, 0.15) is 52.9 Å². The van der Waals surface area contributed by atoms with Crippen LogP contribution >= 0.6 is 0 Å². The van der Waals surface area contributed by atoms with E-state index in [4.69, 9.17) is 4.74 Å². The van der Waals surface area contributed by atoms with Gasteiger partial charge in [-0.25, -0.2) is 9.37 Å². The van der Waals surface area contributed by atoms with Crippen molar-refractivity contribution in [2.75, 3.05) is 19.8 Å². The van der Waals surface area contributed by atoms with Crippen molar-refractivity contribution in [2.45, 2.75) is 45.2 Å². The number of ether oxygens (including phenoxy) is 1. The van der Waals surface area contributed by atoms with E-state index in [-0.39, 0.29) is 29.3 Å². The number of nitrogens with one attached hydrogen (secondary N) is 2. The van der Waals surface area contributed by atoms with Gasteiger partial charge >= 0.3 is 0 Å². The standard InChI is InChI=1S/C21H26FN5O3/c1-12-3-4-15(9-17(12)22)21(29)27-11-16(10-18(27)19-23-13(2)25-26-19)24-20(28)14-5-7-30-8-6-14/h3-4,9,14,16,18H,5-8,10-11H2,1-2H3,(H,24,28)(H,23,25,26)/t16-,18-/m0/s1. The first-order valence-corrected chi connectivity index (χ1v) is 10.3. The van der Waals surface area contributed by atoms with Crippen molar-refractivity contribution in [3.05, 3.63) is 46.8 Å². The predicted octanol–water partition coefficient (Wildman–Crippen LogP) is 2.06. The van der Waals surface area contributed by atoms with Gasteiger partial charge in [-0.15, -0.1) is 0 Å². The summed E-state index contributed by atoms with van der Waals surface area (Å²) in [6.07, 6.45) is 1.91. The third-order valence-electron chi connectivity index (χ3n) is 5.83. The summed E-state index contributed by atoms with van der Waals surface area (Å²) in [4.78, 5) is 31.9. The van der Waals surface area contributed by atoms with Gasteiger partial charge < -0.3 is 15.0 Å². The van der Waals surface area contributed by atoms with E-state index in [2.05, 4.69) is 20.5 Å². The highest BCUT2D eigenvalue weighted by atomic mass is 19.1. The van der Waals surface area contributed by atoms with Crippen LogP contribution in [0.3, 0.4) is 0 Å². The molecular formula is C21H26FN5O3. The van der Waals surface area contributed by atoms with E-state index in [9.17, 15) is 14.0 Å². The second kappa shape index (κ2) is 8.51. The van der Waals surface area contributed by atoms with Gasteiger partial charge in [0, 0.05) is 37.3 Å². The summed E-state index contributed by atoms with van der Waals surface area (Å²) >= 11 is 0. The van der Waals surface area contributed by atoms with Gasteiger partial charge in [0.1, 0.15) is 11.6 Å². The summed E-state index contributed by atoms with van der Waals surface area (Å²) in [5, 5.41) is 10.1. The van der Waals surface area contributed by atoms with E-state index in [1.807, 2.05) is 0 Å². The number of aromatic amines is 1. The molecule has 160 valence electrons. The normalized spacial score (nSPS) is 22.3. The Morgan fingerprint density at radius 1 is 1.27 bits per heavy atom. The summed E-state index contributed by atoms with van der Waals surface area (Å²) in [6.45, 7) is 4.94. The van der Waals surface area contributed by atoms with E-state index in [0.717, 1.165) is 0 Å². The summed E-state index contributed by atoms with van der Waals surface area (Å²) in [5.41, 5.74) is 0.752. The van der Waals surface area contributed by atoms with Crippen molar-refractivity contribution in [3.63, 3.8) is 0 Å². The Hall–Kier alpha value is -2.81. The summed E-state index contributed by atoms with van der Waals surface area (Å²) < 4.78 is 19.4. The van der Waals surface area contributed by atoms with Gasteiger partial charge in [0.25, 0.3) is 5.91 Å². The van der Waals surface area contributed by atoms with Gasteiger partial charge in [0.05, 0.1) is 6.04 Å². The number of benzene rings is 1. The largest absolute Gasteiger partial charge is 0.381 e. The summed E-state index contributed by atoms with van der Waals surface area (Å²) in [5.74, 6) is 0.339. The third kappa shape index (κ3) is 4.21. The average molecular weight is 415 g/mol. The molecule has 30 heavy (non-hydrogen) atoms. The van der Waals surface area contributed by atoms with Crippen molar-refractivity contribution in [1.82, 2.24) is 25.4 Å². The minimum atomic E-state index is -0.422. The number of aryl methyl sites for hydroxylation is 2. The summed E-state index contributed by atoms with van der Waals surface area (Å²) in [7, 11) is 0. The fourth-order valence-corrected chi connectivity index (χ4v) is 4.09. The molecule has 0 aliphatic carbocycles. The Morgan fingerprint density at radius 3 is 2.70 bits per heavy atom. The highest BCUT2D eigenvalue weighted by Crippen LogP contribution is 2.32. The number of halogens is 1. The fourth-order valence-electron chi connectivity index (χ4n) is 4.09. The van der Waals surface area contributed by atoms with Crippen LogP contribution in [0.15, 0.2) is 18.2 Å². The topological polar surface area (TPSA) is 100 Å². The minimum Gasteiger partial charge on any atom is -0.381 e. The molecular weight excluding hydrogens is 389 g/mol. The van der Waals surface area contributed by atoms with E-state index in [1.165, 1.54) is 6.07 Å². The lowest BCUT2D eigenvalue weighted by atomic mass is 9.99. The second-order valence-electron chi connectivity index (χ2n) is 8.04. The van der Waals surface area contributed by atoms with Crippen LogP contribution < -0.4 is 5.32 Å². The van der Waals surface area contributed by atoms with E-state index in [0.29, 0.717) is 56.2 Å². The molecule has 2 saturated heterocycles. The number of carbonyl (C=O) groups is 2. The zero-order valence-electron chi connectivity index (χ0n) is 17.2. The Labute approximate surface area is 174 Å². The number of nitrogens with zero attached hydrogens (tertiary/aromatic N) is 3. The number of carbonyl (C=O) groups excluding carboxylic acids is 2. The highest BCUT2D eigenvalue weighted by Gasteiger charge is 2.40. The van der Waals surface area contributed by atoms with Crippen molar-refractivity contribution in [1.29, 1.82) is 0 Å². The number of aromatic nitrogens is 3.